The number of ether oxygens (including phenoxy) is 1. The summed E-state index contributed by atoms with van der Waals surface area (Å²) in [5.41, 5.74) is 4.76. The van der Waals surface area contributed by atoms with Crippen LogP contribution in [0.3, 0.4) is 0 Å². The number of benzene rings is 1. The second-order valence-corrected chi connectivity index (χ2v) is 8.59. The van der Waals surface area contributed by atoms with Gasteiger partial charge in [0.05, 0.1) is 30.0 Å². The van der Waals surface area contributed by atoms with Gasteiger partial charge in [-0.2, -0.15) is 5.10 Å². The van der Waals surface area contributed by atoms with Crippen LogP contribution in [0, 0.1) is 6.92 Å². The molecule has 1 aliphatic rings. The number of carbonyl (C=O) groups excluding carboxylic acids is 1. The predicted octanol–water partition coefficient (Wildman–Crippen LogP) is 4.31. The molecule has 0 bridgehead atoms. The zero-order valence-corrected chi connectivity index (χ0v) is 19.2. The van der Waals surface area contributed by atoms with Gasteiger partial charge in [0.15, 0.2) is 5.65 Å². The van der Waals surface area contributed by atoms with Crippen LogP contribution in [-0.4, -0.2) is 43.9 Å². The summed E-state index contributed by atoms with van der Waals surface area (Å²) in [6, 6.07) is 9.80. The summed E-state index contributed by atoms with van der Waals surface area (Å²) in [4.78, 5) is 26.0. The average Bonchev–Trinajstić information content (AvgIpc) is 3.28. The van der Waals surface area contributed by atoms with Crippen LogP contribution in [0.5, 0.6) is 0 Å². The van der Waals surface area contributed by atoms with Gasteiger partial charge in [-0.25, -0.2) is 14.6 Å². The molecule has 4 heterocycles. The maximum atomic E-state index is 12.6. The number of nitrogens with zero attached hydrogens (tertiary/aromatic N) is 5. The van der Waals surface area contributed by atoms with E-state index >= 15 is 0 Å². The monoisotopic (exact) mass is 457 g/mol. The number of aromatic nitrogens is 5. The number of amides is 1. The molecule has 0 unspecified atom stereocenters. The summed E-state index contributed by atoms with van der Waals surface area (Å²) in [5, 5.41) is 10.9. The molecule has 0 saturated carbocycles. The van der Waals surface area contributed by atoms with Crippen molar-refractivity contribution in [2.75, 3.05) is 23.8 Å². The fraction of sp³-hybridized carbons (Fsp3) is 0.320. The SMILES string of the molecule is Cc1cncc(C(=O)Nc2cccc([C@H](C)Nc3cnc4cnn(C5CCOCC5)c4n3)c2)c1. The molecule has 1 aromatic carbocycles. The van der Waals surface area contributed by atoms with E-state index in [1.165, 1.54) is 0 Å². The van der Waals surface area contributed by atoms with Crippen molar-refractivity contribution in [3.05, 3.63) is 71.8 Å². The maximum Gasteiger partial charge on any atom is 0.257 e. The minimum atomic E-state index is -0.188. The van der Waals surface area contributed by atoms with Gasteiger partial charge in [0.25, 0.3) is 5.91 Å². The van der Waals surface area contributed by atoms with E-state index in [0.29, 0.717) is 11.4 Å². The lowest BCUT2D eigenvalue weighted by Crippen LogP contribution is -2.20. The van der Waals surface area contributed by atoms with Gasteiger partial charge in [-0.1, -0.05) is 12.1 Å². The number of carbonyl (C=O) groups is 1. The first-order valence-corrected chi connectivity index (χ1v) is 11.4. The number of rotatable bonds is 6. The van der Waals surface area contributed by atoms with Crippen LogP contribution in [0.15, 0.2) is 55.1 Å². The highest BCUT2D eigenvalue weighted by Crippen LogP contribution is 2.26. The molecule has 1 atom stereocenters. The third-order valence-electron chi connectivity index (χ3n) is 5.99. The fourth-order valence-corrected chi connectivity index (χ4v) is 4.16. The lowest BCUT2D eigenvalue weighted by Gasteiger charge is -2.22. The largest absolute Gasteiger partial charge is 0.381 e. The first-order chi connectivity index (χ1) is 16.6. The van der Waals surface area contributed by atoms with Gasteiger partial charge < -0.3 is 15.4 Å². The van der Waals surface area contributed by atoms with Crippen LogP contribution in [0.1, 0.15) is 53.3 Å². The predicted molar refractivity (Wildman–Crippen MR) is 130 cm³/mol. The summed E-state index contributed by atoms with van der Waals surface area (Å²) >= 11 is 0. The number of hydrogen-bond acceptors (Lipinski definition) is 7. The normalized spacial score (nSPS) is 15.2. The molecule has 0 spiro atoms. The van der Waals surface area contributed by atoms with Crippen LogP contribution < -0.4 is 10.6 Å². The Hall–Kier alpha value is -3.85. The molecule has 9 heteroatoms. The molecule has 1 amide bonds. The Bertz CT molecular complexity index is 1310. The zero-order chi connectivity index (χ0) is 23.5. The molecule has 1 saturated heterocycles. The van der Waals surface area contributed by atoms with Crippen LogP contribution in [0.4, 0.5) is 11.5 Å². The Labute approximate surface area is 197 Å². The van der Waals surface area contributed by atoms with E-state index in [4.69, 9.17) is 9.72 Å². The minimum Gasteiger partial charge on any atom is -0.381 e. The third kappa shape index (κ3) is 4.74. The van der Waals surface area contributed by atoms with E-state index < -0.39 is 0 Å². The molecular formula is C25H27N7O2. The van der Waals surface area contributed by atoms with Crippen molar-refractivity contribution in [1.82, 2.24) is 24.7 Å². The second kappa shape index (κ2) is 9.56. The van der Waals surface area contributed by atoms with E-state index in [2.05, 4.69) is 25.7 Å². The summed E-state index contributed by atoms with van der Waals surface area (Å²) in [6.45, 7) is 5.44. The molecule has 1 aliphatic heterocycles. The van der Waals surface area contributed by atoms with Crippen molar-refractivity contribution >= 4 is 28.6 Å². The Morgan fingerprint density at radius 1 is 1.15 bits per heavy atom. The molecule has 5 rings (SSSR count). The van der Waals surface area contributed by atoms with Crippen molar-refractivity contribution in [2.45, 2.75) is 38.8 Å². The quantitative estimate of drug-likeness (QED) is 0.444. The van der Waals surface area contributed by atoms with Crippen LogP contribution in [-0.2, 0) is 4.74 Å². The van der Waals surface area contributed by atoms with E-state index in [0.717, 1.165) is 54.0 Å². The van der Waals surface area contributed by atoms with Gasteiger partial charge in [0.1, 0.15) is 11.3 Å². The van der Waals surface area contributed by atoms with Gasteiger partial charge in [-0.15, -0.1) is 0 Å². The van der Waals surface area contributed by atoms with Crippen molar-refractivity contribution < 1.29 is 9.53 Å². The topological polar surface area (TPSA) is 107 Å². The first-order valence-electron chi connectivity index (χ1n) is 11.4. The maximum absolute atomic E-state index is 12.6. The fourth-order valence-electron chi connectivity index (χ4n) is 4.16. The van der Waals surface area contributed by atoms with Gasteiger partial charge in [0, 0.05) is 31.3 Å². The van der Waals surface area contributed by atoms with E-state index in [1.54, 1.807) is 24.8 Å². The molecular weight excluding hydrogens is 430 g/mol. The van der Waals surface area contributed by atoms with Crippen LogP contribution in [0.25, 0.3) is 11.2 Å². The average molecular weight is 458 g/mol. The Kier molecular flexibility index (Phi) is 6.18. The van der Waals surface area contributed by atoms with Crippen molar-refractivity contribution in [2.24, 2.45) is 0 Å². The summed E-state index contributed by atoms with van der Waals surface area (Å²) in [5.74, 6) is 0.487. The molecule has 3 aromatic heterocycles. The van der Waals surface area contributed by atoms with Crippen molar-refractivity contribution in [1.29, 1.82) is 0 Å². The Balaban J connectivity index is 1.31. The highest BCUT2D eigenvalue weighted by atomic mass is 16.5. The van der Waals surface area contributed by atoms with E-state index in [9.17, 15) is 4.79 Å². The van der Waals surface area contributed by atoms with Gasteiger partial charge in [-0.3, -0.25) is 9.78 Å². The number of hydrogen-bond donors (Lipinski definition) is 2. The number of aryl methyl sites for hydroxylation is 1. The molecule has 174 valence electrons. The van der Waals surface area contributed by atoms with Crippen LogP contribution >= 0.6 is 0 Å². The van der Waals surface area contributed by atoms with Crippen LogP contribution in [0.2, 0.25) is 0 Å². The van der Waals surface area contributed by atoms with Crippen molar-refractivity contribution in [3.8, 4) is 0 Å². The summed E-state index contributed by atoms with van der Waals surface area (Å²) < 4.78 is 7.45. The molecule has 0 aliphatic carbocycles. The first kappa shape index (κ1) is 22.0. The highest BCUT2D eigenvalue weighted by molar-refractivity contribution is 6.04. The van der Waals surface area contributed by atoms with E-state index in [-0.39, 0.29) is 18.0 Å². The molecule has 4 aromatic rings. The van der Waals surface area contributed by atoms with Crippen molar-refractivity contribution in [3.63, 3.8) is 0 Å². The number of anilines is 2. The minimum absolute atomic E-state index is 0.0521. The van der Waals surface area contributed by atoms with E-state index in [1.807, 2.05) is 48.9 Å². The highest BCUT2D eigenvalue weighted by Gasteiger charge is 2.20. The zero-order valence-electron chi connectivity index (χ0n) is 19.2. The Morgan fingerprint density at radius 2 is 2.00 bits per heavy atom. The molecule has 9 nitrogen and oxygen atoms in total. The number of nitrogens with one attached hydrogen (secondary N) is 2. The summed E-state index contributed by atoms with van der Waals surface area (Å²) in [7, 11) is 0. The Morgan fingerprint density at radius 3 is 2.82 bits per heavy atom. The smallest absolute Gasteiger partial charge is 0.257 e. The third-order valence-corrected chi connectivity index (χ3v) is 5.99. The molecule has 34 heavy (non-hydrogen) atoms. The number of pyridine rings is 1. The van der Waals surface area contributed by atoms with Gasteiger partial charge >= 0.3 is 0 Å². The molecule has 1 fully saturated rings. The molecule has 2 N–H and O–H groups in total. The lowest BCUT2D eigenvalue weighted by atomic mass is 10.1. The second-order valence-electron chi connectivity index (χ2n) is 8.59. The molecule has 0 radical (unpaired) electrons. The van der Waals surface area contributed by atoms with Gasteiger partial charge in [0.2, 0.25) is 0 Å². The summed E-state index contributed by atoms with van der Waals surface area (Å²) in [6.07, 6.45) is 8.62. The standard InChI is InChI=1S/C25H27N7O2/c1-16-10-19(13-26-12-16)25(33)30-20-5-3-4-18(11-20)17(2)29-23-15-27-22-14-28-32(24(22)31-23)21-6-8-34-9-7-21/h3-5,10-15,17,21H,6-9H2,1-2H3,(H,29,31)(H,30,33)/t17-/m0/s1. The lowest BCUT2D eigenvalue weighted by molar-refractivity contribution is 0.0673. The van der Waals surface area contributed by atoms with Gasteiger partial charge in [-0.05, 0) is 56.0 Å². The number of fused-ring (bicyclic) bond motifs is 1.